The van der Waals surface area contributed by atoms with E-state index in [1.165, 1.54) is 13.1 Å². The molecule has 0 amide bonds. The summed E-state index contributed by atoms with van der Waals surface area (Å²) in [4.78, 5) is 26.9. The Morgan fingerprint density at radius 1 is 1.33 bits per heavy atom. The zero-order chi connectivity index (χ0) is 13.5. The van der Waals surface area contributed by atoms with Gasteiger partial charge < -0.3 is 9.47 Å². The van der Waals surface area contributed by atoms with Crippen molar-refractivity contribution in [3.63, 3.8) is 0 Å². The van der Waals surface area contributed by atoms with Crippen molar-refractivity contribution in [2.24, 2.45) is 0 Å². The van der Waals surface area contributed by atoms with Gasteiger partial charge in [-0.2, -0.15) is 0 Å². The topological polar surface area (TPSA) is 65.5 Å². The smallest absolute Gasteiger partial charge is 0.354 e. The first kappa shape index (κ1) is 14.2. The summed E-state index contributed by atoms with van der Waals surface area (Å²) in [6.07, 6.45) is 0.903. The van der Waals surface area contributed by atoms with Crippen LogP contribution in [0.3, 0.4) is 0 Å². The summed E-state index contributed by atoms with van der Waals surface area (Å²) in [7, 11) is 0. The fourth-order valence-electron chi connectivity index (χ4n) is 1.27. The highest BCUT2D eigenvalue weighted by molar-refractivity contribution is 5.79. The molecule has 0 aromatic carbocycles. The molecule has 18 heavy (non-hydrogen) atoms. The van der Waals surface area contributed by atoms with Crippen LogP contribution in [0.25, 0.3) is 0 Å². The van der Waals surface area contributed by atoms with Gasteiger partial charge in [0.15, 0.2) is 0 Å². The van der Waals surface area contributed by atoms with Gasteiger partial charge in [-0.3, -0.25) is 9.78 Å². The van der Waals surface area contributed by atoms with Crippen LogP contribution in [-0.4, -0.2) is 23.0 Å². The minimum Gasteiger partial charge on any atom is -0.460 e. The van der Waals surface area contributed by atoms with Crippen molar-refractivity contribution >= 4 is 11.9 Å². The normalized spacial score (nSPS) is 13.5. The molecule has 0 fully saturated rings. The zero-order valence-corrected chi connectivity index (χ0v) is 10.8. The van der Waals surface area contributed by atoms with E-state index in [1.54, 1.807) is 25.1 Å². The maximum atomic E-state index is 11.9. The van der Waals surface area contributed by atoms with E-state index in [0.29, 0.717) is 12.1 Å². The Hall–Kier alpha value is -1.91. The van der Waals surface area contributed by atoms with Crippen LogP contribution in [0, 0.1) is 0 Å². The molecule has 1 heterocycles. The van der Waals surface area contributed by atoms with Gasteiger partial charge in [-0.05, 0) is 25.5 Å². The highest BCUT2D eigenvalue weighted by Crippen LogP contribution is 2.18. The summed E-state index contributed by atoms with van der Waals surface area (Å²) < 4.78 is 10.1. The Morgan fingerprint density at radius 2 is 2.06 bits per heavy atom. The van der Waals surface area contributed by atoms with Crippen molar-refractivity contribution < 1.29 is 19.1 Å². The third-order valence-corrected chi connectivity index (χ3v) is 2.35. The molecule has 2 unspecified atom stereocenters. The number of rotatable bonds is 5. The van der Waals surface area contributed by atoms with E-state index in [1.807, 2.05) is 6.92 Å². The summed E-state index contributed by atoms with van der Waals surface area (Å²) >= 11 is 0. The molecule has 0 saturated heterocycles. The molecule has 0 N–H and O–H groups in total. The first-order valence-electron chi connectivity index (χ1n) is 5.83. The Kier molecular flexibility index (Phi) is 5.30. The maximum Gasteiger partial charge on any atom is 0.354 e. The van der Waals surface area contributed by atoms with Crippen LogP contribution in [0.4, 0.5) is 0 Å². The molecule has 0 aliphatic heterocycles. The maximum absolute atomic E-state index is 11.9. The molecule has 5 heteroatoms. The van der Waals surface area contributed by atoms with E-state index in [2.05, 4.69) is 4.98 Å². The molecule has 5 nitrogen and oxygen atoms in total. The second kappa shape index (κ2) is 6.74. The molecule has 98 valence electrons. The highest BCUT2D eigenvalue weighted by Gasteiger charge is 2.27. The van der Waals surface area contributed by atoms with E-state index in [9.17, 15) is 9.59 Å². The van der Waals surface area contributed by atoms with Crippen molar-refractivity contribution in [3.05, 3.63) is 30.1 Å². The van der Waals surface area contributed by atoms with Gasteiger partial charge in [0.25, 0.3) is 0 Å². The molecule has 2 atom stereocenters. The minimum atomic E-state index is -1.10. The second-order valence-electron chi connectivity index (χ2n) is 3.90. The van der Waals surface area contributed by atoms with Crippen LogP contribution in [-0.2, 0) is 19.1 Å². The molecular weight excluding hydrogens is 234 g/mol. The summed E-state index contributed by atoms with van der Waals surface area (Å²) in [5.74, 6) is -1.15. The van der Waals surface area contributed by atoms with Crippen LogP contribution >= 0.6 is 0 Å². The minimum absolute atomic E-state index is 0.223. The van der Waals surface area contributed by atoms with E-state index < -0.39 is 18.0 Å². The van der Waals surface area contributed by atoms with Gasteiger partial charge in [0.2, 0.25) is 6.10 Å². The lowest BCUT2D eigenvalue weighted by molar-refractivity contribution is -0.170. The molecule has 0 bridgehead atoms. The van der Waals surface area contributed by atoms with E-state index in [-0.39, 0.29) is 6.10 Å². The number of carbonyl (C=O) groups is 2. The molecule has 0 aliphatic rings. The van der Waals surface area contributed by atoms with Crippen LogP contribution in [0.2, 0.25) is 0 Å². The average molecular weight is 251 g/mol. The zero-order valence-electron chi connectivity index (χ0n) is 10.8. The molecule has 0 radical (unpaired) electrons. The largest absolute Gasteiger partial charge is 0.460 e. The number of pyridine rings is 1. The van der Waals surface area contributed by atoms with Crippen molar-refractivity contribution in [3.8, 4) is 0 Å². The SMILES string of the molecule is CCC(C)OC(=O)C(OC(C)=O)c1ccccn1. The summed E-state index contributed by atoms with van der Waals surface area (Å²) in [5.41, 5.74) is 0.362. The Balaban J connectivity index is 2.85. The van der Waals surface area contributed by atoms with Gasteiger partial charge in [-0.15, -0.1) is 0 Å². The van der Waals surface area contributed by atoms with Gasteiger partial charge in [0.1, 0.15) is 0 Å². The predicted octanol–water partition coefficient (Wildman–Crippen LogP) is 2.03. The lowest BCUT2D eigenvalue weighted by Gasteiger charge is -2.18. The van der Waals surface area contributed by atoms with Crippen LogP contribution in [0.15, 0.2) is 24.4 Å². The van der Waals surface area contributed by atoms with Crippen molar-refractivity contribution in [1.82, 2.24) is 4.98 Å². The lowest BCUT2D eigenvalue weighted by atomic mass is 10.2. The molecule has 1 rings (SSSR count). The standard InChI is InChI=1S/C13H17NO4/c1-4-9(2)17-13(16)12(18-10(3)15)11-7-5-6-8-14-11/h5-9,12H,4H2,1-3H3. The predicted molar refractivity (Wildman–Crippen MR) is 64.6 cm³/mol. The van der Waals surface area contributed by atoms with E-state index in [4.69, 9.17) is 9.47 Å². The van der Waals surface area contributed by atoms with Crippen LogP contribution in [0.1, 0.15) is 39.0 Å². The number of esters is 2. The Bertz CT molecular complexity index is 405. The first-order chi connectivity index (χ1) is 8.54. The quantitative estimate of drug-likeness (QED) is 0.749. The number of hydrogen-bond acceptors (Lipinski definition) is 5. The lowest BCUT2D eigenvalue weighted by Crippen LogP contribution is -2.25. The Morgan fingerprint density at radius 3 is 2.56 bits per heavy atom. The van der Waals surface area contributed by atoms with E-state index in [0.717, 1.165) is 0 Å². The van der Waals surface area contributed by atoms with Crippen LogP contribution in [0.5, 0.6) is 0 Å². The highest BCUT2D eigenvalue weighted by atomic mass is 16.6. The number of carbonyl (C=O) groups excluding carboxylic acids is 2. The monoisotopic (exact) mass is 251 g/mol. The molecule has 1 aromatic rings. The molecule has 0 spiro atoms. The van der Waals surface area contributed by atoms with Gasteiger partial charge in [-0.1, -0.05) is 13.0 Å². The first-order valence-corrected chi connectivity index (χ1v) is 5.83. The molecule has 0 aliphatic carbocycles. The van der Waals surface area contributed by atoms with Crippen molar-refractivity contribution in [1.29, 1.82) is 0 Å². The summed E-state index contributed by atoms with van der Waals surface area (Å²) in [6.45, 7) is 4.92. The number of hydrogen-bond donors (Lipinski definition) is 0. The van der Waals surface area contributed by atoms with Gasteiger partial charge >= 0.3 is 11.9 Å². The van der Waals surface area contributed by atoms with Gasteiger partial charge in [-0.25, -0.2) is 4.79 Å². The van der Waals surface area contributed by atoms with Gasteiger partial charge in [0.05, 0.1) is 11.8 Å². The molecule has 1 aromatic heterocycles. The van der Waals surface area contributed by atoms with Crippen molar-refractivity contribution in [2.45, 2.75) is 39.4 Å². The third-order valence-electron chi connectivity index (χ3n) is 2.35. The summed E-state index contributed by atoms with van der Waals surface area (Å²) in [6, 6.07) is 5.05. The fourth-order valence-corrected chi connectivity index (χ4v) is 1.27. The number of ether oxygens (including phenoxy) is 2. The summed E-state index contributed by atoms with van der Waals surface area (Å²) in [5, 5.41) is 0. The van der Waals surface area contributed by atoms with E-state index >= 15 is 0 Å². The number of nitrogens with zero attached hydrogens (tertiary/aromatic N) is 1. The average Bonchev–Trinajstić information content (AvgIpc) is 2.36. The second-order valence-corrected chi connectivity index (χ2v) is 3.90. The fraction of sp³-hybridized carbons (Fsp3) is 0.462. The molecular formula is C13H17NO4. The van der Waals surface area contributed by atoms with Crippen molar-refractivity contribution in [2.75, 3.05) is 0 Å². The Labute approximate surface area is 106 Å². The van der Waals surface area contributed by atoms with Gasteiger partial charge in [0, 0.05) is 13.1 Å². The number of aromatic nitrogens is 1. The molecule has 0 saturated carbocycles. The third kappa shape index (κ3) is 4.16. The van der Waals surface area contributed by atoms with Crippen LogP contribution < -0.4 is 0 Å².